The van der Waals surface area contributed by atoms with Crippen molar-refractivity contribution < 1.29 is 19.1 Å². The summed E-state index contributed by atoms with van der Waals surface area (Å²) in [5.41, 5.74) is 1.18. The van der Waals surface area contributed by atoms with E-state index < -0.39 is 12.0 Å². The van der Waals surface area contributed by atoms with Gasteiger partial charge in [-0.3, -0.25) is 4.79 Å². The molecule has 1 aliphatic carbocycles. The molecule has 1 aromatic carbocycles. The molecule has 6 heteroatoms. The number of carbonyl (C=O) groups is 2. The zero-order valence-electron chi connectivity index (χ0n) is 15.3. The van der Waals surface area contributed by atoms with E-state index in [-0.39, 0.29) is 24.2 Å². The van der Waals surface area contributed by atoms with Crippen LogP contribution in [0.5, 0.6) is 5.75 Å². The lowest BCUT2D eigenvalue weighted by Gasteiger charge is -2.34. The molecule has 1 saturated carbocycles. The maximum atomic E-state index is 12.8. The molecule has 2 atom stereocenters. The third-order valence-corrected chi connectivity index (χ3v) is 4.72. The molecule has 3 rings (SSSR count). The van der Waals surface area contributed by atoms with Crippen LogP contribution in [-0.4, -0.2) is 24.2 Å². The Morgan fingerprint density at radius 2 is 1.85 bits per heavy atom. The van der Waals surface area contributed by atoms with Crippen LogP contribution in [0.3, 0.4) is 0 Å². The Kier molecular flexibility index (Phi) is 5.49. The SMILES string of the molecule is C=C1NC(=O)N[C@@H](c2ccc(OC(C)C)cc2)[C@@H]1C(=O)OC1CCCC1. The van der Waals surface area contributed by atoms with Gasteiger partial charge >= 0.3 is 12.0 Å². The van der Waals surface area contributed by atoms with Crippen molar-refractivity contribution in [2.45, 2.75) is 57.8 Å². The van der Waals surface area contributed by atoms with Crippen LogP contribution in [0.4, 0.5) is 4.79 Å². The minimum Gasteiger partial charge on any atom is -0.491 e. The highest BCUT2D eigenvalue weighted by Crippen LogP contribution is 2.33. The second-order valence-corrected chi connectivity index (χ2v) is 7.16. The fourth-order valence-electron chi connectivity index (χ4n) is 3.51. The van der Waals surface area contributed by atoms with Crippen molar-refractivity contribution in [3.8, 4) is 5.75 Å². The van der Waals surface area contributed by atoms with Gasteiger partial charge in [-0.1, -0.05) is 18.7 Å². The van der Waals surface area contributed by atoms with Crippen LogP contribution < -0.4 is 15.4 Å². The molecule has 1 aliphatic heterocycles. The molecule has 2 fully saturated rings. The van der Waals surface area contributed by atoms with E-state index in [0.29, 0.717) is 5.70 Å². The fraction of sp³-hybridized carbons (Fsp3) is 0.500. The Morgan fingerprint density at radius 3 is 2.46 bits per heavy atom. The van der Waals surface area contributed by atoms with Crippen molar-refractivity contribution >= 4 is 12.0 Å². The van der Waals surface area contributed by atoms with E-state index >= 15 is 0 Å². The highest BCUT2D eigenvalue weighted by molar-refractivity contribution is 5.85. The molecular weight excluding hydrogens is 332 g/mol. The van der Waals surface area contributed by atoms with Crippen LogP contribution in [-0.2, 0) is 9.53 Å². The van der Waals surface area contributed by atoms with Gasteiger partial charge in [-0.25, -0.2) is 4.79 Å². The summed E-state index contributed by atoms with van der Waals surface area (Å²) >= 11 is 0. The van der Waals surface area contributed by atoms with Crippen molar-refractivity contribution in [1.82, 2.24) is 10.6 Å². The predicted octanol–water partition coefficient (Wildman–Crippen LogP) is 3.44. The molecule has 2 aliphatic rings. The highest BCUT2D eigenvalue weighted by Gasteiger charge is 2.40. The van der Waals surface area contributed by atoms with E-state index in [1.54, 1.807) is 0 Å². The normalized spacial score (nSPS) is 23.5. The van der Waals surface area contributed by atoms with E-state index in [0.717, 1.165) is 37.0 Å². The lowest BCUT2D eigenvalue weighted by Crippen LogP contribution is -2.51. The number of rotatable bonds is 5. The molecule has 0 unspecified atom stereocenters. The molecular formula is C20H26N2O4. The first-order valence-electron chi connectivity index (χ1n) is 9.17. The van der Waals surface area contributed by atoms with Gasteiger partial charge in [0.25, 0.3) is 0 Å². The van der Waals surface area contributed by atoms with Gasteiger partial charge in [0.2, 0.25) is 0 Å². The van der Waals surface area contributed by atoms with Gasteiger partial charge in [0.05, 0.1) is 12.1 Å². The van der Waals surface area contributed by atoms with E-state index in [9.17, 15) is 9.59 Å². The average molecular weight is 358 g/mol. The zero-order valence-corrected chi connectivity index (χ0v) is 15.3. The number of urea groups is 1. The number of nitrogens with one attached hydrogen (secondary N) is 2. The van der Waals surface area contributed by atoms with Gasteiger partial charge in [-0.15, -0.1) is 0 Å². The second-order valence-electron chi connectivity index (χ2n) is 7.16. The Hall–Kier alpha value is -2.50. The van der Waals surface area contributed by atoms with Gasteiger partial charge in [-0.2, -0.15) is 0 Å². The molecule has 2 N–H and O–H groups in total. The molecule has 1 saturated heterocycles. The van der Waals surface area contributed by atoms with E-state index in [1.807, 2.05) is 38.1 Å². The van der Waals surface area contributed by atoms with Crippen molar-refractivity contribution in [1.29, 1.82) is 0 Å². The van der Waals surface area contributed by atoms with E-state index in [4.69, 9.17) is 9.47 Å². The van der Waals surface area contributed by atoms with E-state index in [1.165, 1.54) is 0 Å². The molecule has 0 bridgehead atoms. The van der Waals surface area contributed by atoms with Crippen LogP contribution in [0.2, 0.25) is 0 Å². The minimum atomic E-state index is -0.662. The summed E-state index contributed by atoms with van der Waals surface area (Å²) in [5, 5.41) is 5.43. The molecule has 140 valence electrons. The molecule has 26 heavy (non-hydrogen) atoms. The number of amides is 2. The third-order valence-electron chi connectivity index (χ3n) is 4.72. The van der Waals surface area contributed by atoms with Crippen LogP contribution in [0.15, 0.2) is 36.5 Å². The summed E-state index contributed by atoms with van der Waals surface area (Å²) in [5.74, 6) is -0.264. The van der Waals surface area contributed by atoms with Crippen LogP contribution in [0, 0.1) is 5.92 Å². The Morgan fingerprint density at radius 1 is 1.19 bits per heavy atom. The highest BCUT2D eigenvalue weighted by atomic mass is 16.5. The van der Waals surface area contributed by atoms with Gasteiger partial charge in [-0.05, 0) is 57.2 Å². The van der Waals surface area contributed by atoms with E-state index in [2.05, 4.69) is 17.2 Å². The number of benzene rings is 1. The van der Waals surface area contributed by atoms with Crippen LogP contribution >= 0.6 is 0 Å². The standard InChI is InChI=1S/C20H26N2O4/c1-12(2)25-16-10-8-14(9-11-16)18-17(13(3)21-20(24)22-18)19(23)26-15-6-4-5-7-15/h8-12,15,17-18H,3-7H2,1-2H3,(H2,21,22,24)/t17-,18+/m1/s1. The summed E-state index contributed by atoms with van der Waals surface area (Å²) in [7, 11) is 0. The Bertz CT molecular complexity index is 678. The van der Waals surface area contributed by atoms with Crippen LogP contribution in [0.25, 0.3) is 0 Å². The molecule has 2 amide bonds. The summed E-state index contributed by atoms with van der Waals surface area (Å²) in [6.07, 6.45) is 4.01. The van der Waals surface area contributed by atoms with Gasteiger partial charge < -0.3 is 20.1 Å². The quantitative estimate of drug-likeness (QED) is 0.791. The Labute approximate surface area is 153 Å². The molecule has 0 spiro atoms. The minimum absolute atomic E-state index is 0.0320. The van der Waals surface area contributed by atoms with Gasteiger partial charge in [0.1, 0.15) is 17.8 Å². The molecule has 6 nitrogen and oxygen atoms in total. The summed E-state index contributed by atoms with van der Waals surface area (Å²) < 4.78 is 11.3. The maximum Gasteiger partial charge on any atom is 0.319 e. The largest absolute Gasteiger partial charge is 0.491 e. The smallest absolute Gasteiger partial charge is 0.319 e. The maximum absolute atomic E-state index is 12.8. The lowest BCUT2D eigenvalue weighted by molar-refractivity contribution is -0.153. The molecule has 0 radical (unpaired) electrons. The summed E-state index contributed by atoms with van der Waals surface area (Å²) in [6.45, 7) is 7.79. The predicted molar refractivity (Wildman–Crippen MR) is 97.6 cm³/mol. The van der Waals surface area contributed by atoms with Crippen molar-refractivity contribution in [3.05, 3.63) is 42.1 Å². The monoisotopic (exact) mass is 358 g/mol. The lowest BCUT2D eigenvalue weighted by atomic mass is 9.89. The fourth-order valence-corrected chi connectivity index (χ4v) is 3.51. The average Bonchev–Trinajstić information content (AvgIpc) is 3.07. The second kappa shape index (κ2) is 7.81. The molecule has 1 aromatic rings. The topological polar surface area (TPSA) is 76.7 Å². The molecule has 0 aromatic heterocycles. The number of hydrogen-bond donors (Lipinski definition) is 2. The number of hydrogen-bond acceptors (Lipinski definition) is 4. The molecule has 1 heterocycles. The number of ether oxygens (including phenoxy) is 2. The zero-order chi connectivity index (χ0) is 18.7. The van der Waals surface area contributed by atoms with Crippen molar-refractivity contribution in [3.63, 3.8) is 0 Å². The van der Waals surface area contributed by atoms with Gasteiger partial charge in [0.15, 0.2) is 0 Å². The first-order valence-corrected chi connectivity index (χ1v) is 9.17. The van der Waals surface area contributed by atoms with Crippen molar-refractivity contribution in [2.75, 3.05) is 0 Å². The first kappa shape index (κ1) is 18.3. The number of carbonyl (C=O) groups excluding carboxylic acids is 2. The Balaban J connectivity index is 1.79. The van der Waals surface area contributed by atoms with Crippen LogP contribution in [0.1, 0.15) is 51.1 Å². The third kappa shape index (κ3) is 4.18. The number of esters is 1. The van der Waals surface area contributed by atoms with Crippen molar-refractivity contribution in [2.24, 2.45) is 5.92 Å². The summed E-state index contributed by atoms with van der Waals surface area (Å²) in [4.78, 5) is 24.7. The van der Waals surface area contributed by atoms with Gasteiger partial charge in [0, 0.05) is 5.70 Å². The summed E-state index contributed by atoms with van der Waals surface area (Å²) in [6, 6.07) is 6.51. The first-order chi connectivity index (χ1) is 12.4.